The molecule has 0 aliphatic carbocycles. The predicted octanol–water partition coefficient (Wildman–Crippen LogP) is 2.16. The second kappa shape index (κ2) is 13.4. The summed E-state index contributed by atoms with van der Waals surface area (Å²) in [7, 11) is 0. The molecule has 3 heterocycles. The van der Waals surface area contributed by atoms with Crippen LogP contribution in [0.4, 0.5) is 0 Å². The predicted molar refractivity (Wildman–Crippen MR) is 125 cm³/mol. The summed E-state index contributed by atoms with van der Waals surface area (Å²) in [5.41, 5.74) is 0. The number of hydrogen-bond acceptors (Lipinski definition) is 5. The summed E-state index contributed by atoms with van der Waals surface area (Å²) in [6.45, 7) is 10.1. The molecule has 0 bridgehead atoms. The average molecular weight is 520 g/mol. The topological polar surface area (TPSA) is 85.6 Å². The average Bonchev–Trinajstić information content (AvgIpc) is 3.14. The molecule has 1 aromatic rings. The fourth-order valence-electron chi connectivity index (χ4n) is 3.66. The Morgan fingerprint density at radius 1 is 1.28 bits per heavy atom. The van der Waals surface area contributed by atoms with E-state index < -0.39 is 0 Å². The lowest BCUT2D eigenvalue weighted by molar-refractivity contribution is 0.0205. The smallest absolute Gasteiger partial charge is 0.191 e. The number of aliphatic imine (C=N–C) groups is 1. The molecule has 2 N–H and O–H groups in total. The molecule has 1 unspecified atom stereocenters. The van der Waals surface area contributed by atoms with E-state index in [1.54, 1.807) is 0 Å². The van der Waals surface area contributed by atoms with Gasteiger partial charge in [0, 0.05) is 58.4 Å². The van der Waals surface area contributed by atoms with Crippen molar-refractivity contribution in [3.05, 3.63) is 11.6 Å². The Labute approximate surface area is 191 Å². The van der Waals surface area contributed by atoms with Crippen molar-refractivity contribution in [3.8, 4) is 0 Å². The minimum absolute atomic E-state index is 0. The monoisotopic (exact) mass is 520 g/mol. The molecule has 2 aliphatic rings. The molecule has 29 heavy (non-hydrogen) atoms. The first kappa shape index (κ1) is 24.3. The van der Waals surface area contributed by atoms with Gasteiger partial charge in [0.15, 0.2) is 11.8 Å². The summed E-state index contributed by atoms with van der Waals surface area (Å²) < 4.78 is 13.3. The first-order valence-electron chi connectivity index (χ1n) is 10.9. The van der Waals surface area contributed by atoms with Crippen molar-refractivity contribution in [1.29, 1.82) is 0 Å². The molecule has 166 valence electrons. The molecule has 0 saturated carbocycles. The van der Waals surface area contributed by atoms with Gasteiger partial charge in [-0.05, 0) is 38.5 Å². The second-order valence-electron chi connectivity index (χ2n) is 7.60. The highest BCUT2D eigenvalue weighted by atomic mass is 127. The number of hydrogen-bond donors (Lipinski definition) is 2. The number of aromatic nitrogens is 3. The highest BCUT2D eigenvalue weighted by Gasteiger charge is 2.22. The molecule has 1 atom stereocenters. The second-order valence-corrected chi connectivity index (χ2v) is 7.60. The molecular weight excluding hydrogens is 483 g/mol. The Bertz CT molecular complexity index is 618. The third-order valence-electron chi connectivity index (χ3n) is 5.31. The van der Waals surface area contributed by atoms with Gasteiger partial charge < -0.3 is 20.1 Å². The number of rotatable bonds is 9. The van der Waals surface area contributed by atoms with Gasteiger partial charge >= 0.3 is 0 Å². The molecule has 0 spiro atoms. The van der Waals surface area contributed by atoms with Crippen LogP contribution in [0, 0.1) is 5.92 Å². The van der Waals surface area contributed by atoms with Gasteiger partial charge in [0.2, 0.25) is 0 Å². The Hall–Kier alpha value is -0.940. The van der Waals surface area contributed by atoms with Crippen LogP contribution in [0.2, 0.25) is 0 Å². The number of nitrogens with one attached hydrogen (secondary N) is 2. The van der Waals surface area contributed by atoms with Crippen LogP contribution in [-0.2, 0) is 28.9 Å². The van der Waals surface area contributed by atoms with E-state index in [0.717, 1.165) is 102 Å². The van der Waals surface area contributed by atoms with Crippen molar-refractivity contribution < 1.29 is 9.47 Å². The molecule has 1 saturated heterocycles. The molecule has 2 aliphatic heterocycles. The summed E-state index contributed by atoms with van der Waals surface area (Å²) in [5, 5.41) is 11.5. The lowest BCUT2D eigenvalue weighted by atomic mass is 10.0. The van der Waals surface area contributed by atoms with Gasteiger partial charge in [0.25, 0.3) is 0 Å². The summed E-state index contributed by atoms with van der Waals surface area (Å²) >= 11 is 0. The zero-order valence-corrected chi connectivity index (χ0v) is 20.2. The van der Waals surface area contributed by atoms with E-state index in [1.807, 2.05) is 4.68 Å². The van der Waals surface area contributed by atoms with Crippen molar-refractivity contribution in [2.45, 2.75) is 65.0 Å². The van der Waals surface area contributed by atoms with Crippen molar-refractivity contribution in [1.82, 2.24) is 25.4 Å². The molecule has 1 fully saturated rings. The first-order chi connectivity index (χ1) is 13.8. The van der Waals surface area contributed by atoms with E-state index >= 15 is 0 Å². The summed E-state index contributed by atoms with van der Waals surface area (Å²) in [6, 6.07) is 0.335. The van der Waals surface area contributed by atoms with E-state index in [4.69, 9.17) is 14.5 Å². The van der Waals surface area contributed by atoms with Crippen molar-refractivity contribution in [3.63, 3.8) is 0 Å². The van der Waals surface area contributed by atoms with Gasteiger partial charge in [-0.1, -0.05) is 6.92 Å². The largest absolute Gasteiger partial charge is 0.381 e. The fourth-order valence-corrected chi connectivity index (χ4v) is 3.66. The SMILES string of the molecule is CCNC(=NCCCOCC1CCOCC1)NC1CCc2nc(CC)nn2C1.I. The van der Waals surface area contributed by atoms with Crippen molar-refractivity contribution in [2.75, 3.05) is 39.5 Å². The minimum Gasteiger partial charge on any atom is -0.381 e. The number of nitrogens with zero attached hydrogens (tertiary/aromatic N) is 4. The van der Waals surface area contributed by atoms with E-state index in [2.05, 4.69) is 34.6 Å². The van der Waals surface area contributed by atoms with Gasteiger partial charge in [-0.3, -0.25) is 4.99 Å². The maximum absolute atomic E-state index is 5.83. The Kier molecular flexibility index (Phi) is 11.2. The third kappa shape index (κ3) is 8.01. The van der Waals surface area contributed by atoms with Gasteiger partial charge in [0.05, 0.1) is 6.54 Å². The van der Waals surface area contributed by atoms with Crippen LogP contribution in [0.25, 0.3) is 0 Å². The van der Waals surface area contributed by atoms with Crippen LogP contribution >= 0.6 is 24.0 Å². The molecule has 0 aromatic carbocycles. The van der Waals surface area contributed by atoms with E-state index in [1.165, 1.54) is 0 Å². The standard InChI is InChI=1S/C20H36N6O2.HI/c1-3-18-24-19-7-6-17(14-26(19)25-18)23-20(21-4-2)22-10-5-11-28-15-16-8-12-27-13-9-16;/h16-17H,3-15H2,1-2H3,(H2,21,22,23);1H. The fraction of sp³-hybridized carbons (Fsp3) is 0.850. The Balaban J connectivity index is 0.00000300. The highest BCUT2D eigenvalue weighted by Crippen LogP contribution is 2.15. The maximum atomic E-state index is 5.83. The number of halogens is 1. The van der Waals surface area contributed by atoms with E-state index in [9.17, 15) is 0 Å². The van der Waals surface area contributed by atoms with Crippen LogP contribution in [0.15, 0.2) is 4.99 Å². The maximum Gasteiger partial charge on any atom is 0.191 e. The highest BCUT2D eigenvalue weighted by molar-refractivity contribution is 14.0. The van der Waals surface area contributed by atoms with Gasteiger partial charge in [0.1, 0.15) is 5.82 Å². The van der Waals surface area contributed by atoms with Crippen molar-refractivity contribution >= 4 is 29.9 Å². The molecule has 8 nitrogen and oxygen atoms in total. The number of aryl methyl sites for hydroxylation is 2. The molecule has 3 rings (SSSR count). The van der Waals surface area contributed by atoms with Crippen molar-refractivity contribution in [2.24, 2.45) is 10.9 Å². The Morgan fingerprint density at radius 3 is 2.86 bits per heavy atom. The zero-order chi connectivity index (χ0) is 19.6. The van der Waals surface area contributed by atoms with E-state index in [0.29, 0.717) is 12.0 Å². The van der Waals surface area contributed by atoms with Crippen LogP contribution in [0.1, 0.15) is 51.2 Å². The lowest BCUT2D eigenvalue weighted by Crippen LogP contribution is -2.47. The summed E-state index contributed by atoms with van der Waals surface area (Å²) in [5.74, 6) is 3.60. The molecule has 0 radical (unpaired) electrons. The molecule has 1 aromatic heterocycles. The van der Waals surface area contributed by atoms with Crippen LogP contribution < -0.4 is 10.6 Å². The summed E-state index contributed by atoms with van der Waals surface area (Å²) in [4.78, 5) is 9.31. The molecule has 0 amide bonds. The number of fused-ring (bicyclic) bond motifs is 1. The molecular formula is C20H37IN6O2. The first-order valence-corrected chi connectivity index (χ1v) is 10.9. The third-order valence-corrected chi connectivity index (χ3v) is 5.31. The lowest BCUT2D eigenvalue weighted by Gasteiger charge is -2.25. The number of guanidine groups is 1. The molecule has 9 heteroatoms. The summed E-state index contributed by atoms with van der Waals surface area (Å²) in [6.07, 6.45) is 6.10. The zero-order valence-electron chi connectivity index (χ0n) is 17.9. The quantitative estimate of drug-likeness (QED) is 0.225. The minimum atomic E-state index is 0. The van der Waals surface area contributed by atoms with Gasteiger partial charge in [-0.25, -0.2) is 9.67 Å². The van der Waals surface area contributed by atoms with E-state index in [-0.39, 0.29) is 24.0 Å². The normalized spacial score (nSPS) is 20.1. The Morgan fingerprint density at radius 2 is 2.10 bits per heavy atom. The van der Waals surface area contributed by atoms with Crippen LogP contribution in [-0.4, -0.2) is 66.3 Å². The number of ether oxygens (including phenoxy) is 2. The van der Waals surface area contributed by atoms with Crippen LogP contribution in [0.3, 0.4) is 0 Å². The van der Waals surface area contributed by atoms with Gasteiger partial charge in [-0.2, -0.15) is 5.10 Å². The van der Waals surface area contributed by atoms with Crippen LogP contribution in [0.5, 0.6) is 0 Å². The van der Waals surface area contributed by atoms with Gasteiger partial charge in [-0.15, -0.1) is 24.0 Å².